The molecule has 0 saturated heterocycles. The summed E-state index contributed by atoms with van der Waals surface area (Å²) in [5.74, 6) is 0.944. The molecule has 0 aliphatic heterocycles. The van der Waals surface area contributed by atoms with Gasteiger partial charge in [0.2, 0.25) is 0 Å². The van der Waals surface area contributed by atoms with Gasteiger partial charge in [0.05, 0.1) is 0 Å². The molecule has 0 aliphatic carbocycles. The molecule has 0 nitrogen and oxygen atoms in total. The van der Waals surface area contributed by atoms with Gasteiger partial charge in [-0.1, -0.05) is 6.92 Å². The van der Waals surface area contributed by atoms with E-state index in [-0.39, 0.29) is 7.43 Å². The van der Waals surface area contributed by atoms with E-state index in [1.165, 1.54) is 4.43 Å². The summed E-state index contributed by atoms with van der Waals surface area (Å²) in [5.41, 5.74) is 0. The number of thiol groups is 1. The van der Waals surface area contributed by atoms with Crippen molar-refractivity contribution in [1.82, 2.24) is 0 Å². The Bertz CT molecular complexity index is 151. The standard InChI is InChI=1S/C6H5.C2H6S.C.Cr/c1-2-4-6-5-3-1;1-2-3;;/h1-5H;3H,2H2,1H3;;. The predicted octanol–water partition coefficient (Wildman–Crippen LogP) is 1.88. The molecule has 11 heavy (non-hydrogen) atoms. The zero-order valence-electron chi connectivity index (χ0n) is 6.45. The molecule has 0 fully saturated rings. The number of hydrogen-bond acceptors (Lipinski definition) is 1. The second kappa shape index (κ2) is 10.1. The first-order valence-corrected chi connectivity index (χ1v) is 4.41. The third kappa shape index (κ3) is 10.1. The van der Waals surface area contributed by atoms with Crippen LogP contribution in [0.3, 0.4) is 0 Å². The third-order valence-electron chi connectivity index (χ3n) is 0.743. The van der Waals surface area contributed by atoms with Gasteiger partial charge in [-0.25, -0.2) is 0 Å². The third-order valence-corrected chi connectivity index (χ3v) is 1.17. The van der Waals surface area contributed by atoms with Gasteiger partial charge in [0, 0.05) is 7.43 Å². The van der Waals surface area contributed by atoms with Gasteiger partial charge in [0.15, 0.2) is 0 Å². The fourth-order valence-corrected chi connectivity index (χ4v) is 0.666. The summed E-state index contributed by atoms with van der Waals surface area (Å²) < 4.78 is 1.20. The first kappa shape index (κ1) is 13.7. The summed E-state index contributed by atoms with van der Waals surface area (Å²) in [6.07, 6.45) is 0. The van der Waals surface area contributed by atoms with Crippen molar-refractivity contribution < 1.29 is 16.3 Å². The van der Waals surface area contributed by atoms with Crippen LogP contribution in [-0.4, -0.2) is 5.75 Å². The summed E-state index contributed by atoms with van der Waals surface area (Å²) >= 11 is 6.69. The number of rotatable bonds is 0. The molecule has 0 unspecified atom stereocenters. The van der Waals surface area contributed by atoms with Crippen LogP contribution in [0.1, 0.15) is 6.92 Å². The monoisotopic (exact) mass is 203 g/mol. The maximum atomic E-state index is 3.79. The van der Waals surface area contributed by atoms with Crippen molar-refractivity contribution in [2.45, 2.75) is 6.92 Å². The van der Waals surface area contributed by atoms with Gasteiger partial charge in [0.1, 0.15) is 0 Å². The quantitative estimate of drug-likeness (QED) is 0.611. The summed E-state index contributed by atoms with van der Waals surface area (Å²) in [6.45, 7) is 1.99. The molecule has 0 N–H and O–H groups in total. The second-order valence-corrected chi connectivity index (χ2v) is 3.00. The average molecular weight is 203 g/mol. The molecule has 0 saturated carbocycles. The van der Waals surface area contributed by atoms with E-state index >= 15 is 0 Å². The summed E-state index contributed by atoms with van der Waals surface area (Å²) in [7, 11) is 0. The van der Waals surface area contributed by atoms with Crippen LogP contribution in [-0.2, 0) is 16.3 Å². The summed E-state index contributed by atoms with van der Waals surface area (Å²) in [6, 6.07) is 10.1. The van der Waals surface area contributed by atoms with E-state index < -0.39 is 0 Å². The van der Waals surface area contributed by atoms with E-state index in [0.29, 0.717) is 0 Å². The first-order valence-electron chi connectivity index (χ1n) is 3.14. The Morgan fingerprint density at radius 3 is 1.82 bits per heavy atom. The fraction of sp³-hybridized carbons (Fsp3) is 0.222. The molecular formula is C9H11CrS. The van der Waals surface area contributed by atoms with E-state index in [2.05, 4.69) is 28.9 Å². The molecule has 0 spiro atoms. The Morgan fingerprint density at radius 1 is 1.27 bits per heavy atom. The van der Waals surface area contributed by atoms with E-state index in [1.807, 2.05) is 37.3 Å². The minimum atomic E-state index is 0. The van der Waals surface area contributed by atoms with Gasteiger partial charge in [-0.15, -0.1) is 0 Å². The fourth-order valence-electron chi connectivity index (χ4n) is 0.420. The van der Waals surface area contributed by atoms with E-state index in [9.17, 15) is 0 Å². The van der Waals surface area contributed by atoms with Crippen molar-refractivity contribution in [3.63, 3.8) is 0 Å². The van der Waals surface area contributed by atoms with Crippen LogP contribution in [0, 0.1) is 7.43 Å². The van der Waals surface area contributed by atoms with Gasteiger partial charge in [-0.05, 0) is 5.75 Å². The van der Waals surface area contributed by atoms with Gasteiger partial charge in [-0.3, -0.25) is 0 Å². The molecule has 0 heterocycles. The van der Waals surface area contributed by atoms with Gasteiger partial charge in [0.25, 0.3) is 0 Å². The van der Waals surface area contributed by atoms with Gasteiger partial charge >= 0.3 is 51.0 Å². The van der Waals surface area contributed by atoms with E-state index in [1.54, 1.807) is 0 Å². The zero-order valence-corrected chi connectivity index (χ0v) is 8.62. The molecule has 0 amide bonds. The van der Waals surface area contributed by atoms with E-state index in [0.717, 1.165) is 5.75 Å². The predicted molar refractivity (Wildman–Crippen MR) is 48.8 cm³/mol. The molecule has 0 bridgehead atoms. The van der Waals surface area contributed by atoms with Crippen molar-refractivity contribution in [3.05, 3.63) is 37.8 Å². The Kier molecular flexibility index (Phi) is 12.6. The Morgan fingerprint density at radius 2 is 1.64 bits per heavy atom. The van der Waals surface area contributed by atoms with E-state index in [4.69, 9.17) is 0 Å². The molecule has 1 aromatic rings. The maximum absolute atomic E-state index is 3.79. The Labute approximate surface area is 83.9 Å². The van der Waals surface area contributed by atoms with Crippen molar-refractivity contribution in [2.24, 2.45) is 0 Å². The summed E-state index contributed by atoms with van der Waals surface area (Å²) in [4.78, 5) is 0. The van der Waals surface area contributed by atoms with Crippen molar-refractivity contribution in [2.75, 3.05) is 5.75 Å². The SMILES string of the molecule is CCS.[C].[Cr][c]1ccccc1. The average Bonchev–Trinajstić information content (AvgIpc) is 1.91. The Hall–Kier alpha value is 0.102. The van der Waals surface area contributed by atoms with Crippen LogP contribution in [0.25, 0.3) is 0 Å². The Balaban J connectivity index is 0. The molecule has 0 aromatic heterocycles. The van der Waals surface area contributed by atoms with Crippen molar-refractivity contribution in [1.29, 1.82) is 0 Å². The number of hydrogen-bond donors (Lipinski definition) is 1. The van der Waals surface area contributed by atoms with Gasteiger partial charge in [-0.2, -0.15) is 12.6 Å². The van der Waals surface area contributed by atoms with Crippen LogP contribution >= 0.6 is 12.6 Å². The van der Waals surface area contributed by atoms with Crippen LogP contribution in [0.15, 0.2) is 30.3 Å². The van der Waals surface area contributed by atoms with Gasteiger partial charge < -0.3 is 0 Å². The zero-order chi connectivity index (χ0) is 7.82. The van der Waals surface area contributed by atoms with Crippen LogP contribution < -0.4 is 4.43 Å². The van der Waals surface area contributed by atoms with Crippen LogP contribution in [0.2, 0.25) is 0 Å². The topological polar surface area (TPSA) is 0 Å². The van der Waals surface area contributed by atoms with Crippen molar-refractivity contribution >= 4 is 17.1 Å². The first-order chi connectivity index (χ1) is 4.81. The molecule has 4 radical (unpaired) electrons. The summed E-state index contributed by atoms with van der Waals surface area (Å²) in [5, 5.41) is 0. The van der Waals surface area contributed by atoms with Crippen molar-refractivity contribution in [3.8, 4) is 0 Å². The number of benzene rings is 1. The van der Waals surface area contributed by atoms with Crippen LogP contribution in [0.5, 0.6) is 0 Å². The molecule has 1 rings (SSSR count). The second-order valence-electron chi connectivity index (χ2n) is 1.63. The molecular weight excluding hydrogens is 192 g/mol. The molecule has 59 valence electrons. The minimum absolute atomic E-state index is 0. The van der Waals surface area contributed by atoms with Crippen LogP contribution in [0.4, 0.5) is 0 Å². The molecule has 0 atom stereocenters. The molecule has 1 aromatic carbocycles. The molecule has 2 heteroatoms. The normalized spacial score (nSPS) is 7.09. The molecule has 0 aliphatic rings.